The Morgan fingerprint density at radius 1 is 1.43 bits per heavy atom. The number of rotatable bonds is 6. The first-order chi connectivity index (χ1) is 9.83. The third-order valence-electron chi connectivity index (χ3n) is 2.68. The normalized spacial score (nSPS) is 11.7. The van der Waals surface area contributed by atoms with Crippen molar-refractivity contribution in [3.8, 4) is 0 Å². The van der Waals surface area contributed by atoms with Crippen molar-refractivity contribution in [3.05, 3.63) is 29.5 Å². The molecule has 0 fully saturated rings. The Kier molecular flexibility index (Phi) is 4.48. The van der Waals surface area contributed by atoms with Crippen LogP contribution in [-0.4, -0.2) is 46.2 Å². The quantitative estimate of drug-likeness (QED) is 0.707. The van der Waals surface area contributed by atoms with Crippen LogP contribution in [0.4, 0.5) is 5.82 Å². The van der Waals surface area contributed by atoms with Crippen LogP contribution in [0.2, 0.25) is 0 Å². The van der Waals surface area contributed by atoms with E-state index in [2.05, 4.69) is 25.0 Å². The Morgan fingerprint density at radius 3 is 2.86 bits per heavy atom. The van der Waals surface area contributed by atoms with Crippen LogP contribution in [0, 0.1) is 6.92 Å². The van der Waals surface area contributed by atoms with Gasteiger partial charge in [0.1, 0.15) is 11.6 Å². The lowest BCUT2D eigenvalue weighted by Crippen LogP contribution is -2.24. The van der Waals surface area contributed by atoms with E-state index in [-0.39, 0.29) is 6.54 Å². The number of nitrogens with two attached hydrogens (primary N) is 1. The molecule has 114 valence electrons. The molecule has 21 heavy (non-hydrogen) atoms. The molecule has 0 saturated carbocycles. The van der Waals surface area contributed by atoms with Gasteiger partial charge in [0.15, 0.2) is 0 Å². The van der Waals surface area contributed by atoms with Crippen LogP contribution in [0.25, 0.3) is 0 Å². The van der Waals surface area contributed by atoms with Crippen molar-refractivity contribution < 1.29 is 8.42 Å². The van der Waals surface area contributed by atoms with Crippen LogP contribution in [-0.2, 0) is 23.0 Å². The molecule has 2 rings (SSSR count). The van der Waals surface area contributed by atoms with Crippen molar-refractivity contribution in [2.24, 2.45) is 0 Å². The standard InChI is InChI=1S/C11H17N7O2S/c1-8-13-5-9(11(12)15-8)6-18-7-10(16-17-18)3-4-14-21(2,19)20/h5,7,14H,3-4,6H2,1-2H3,(H2,12,13,15). The molecule has 9 nitrogen and oxygen atoms in total. The number of nitrogen functional groups attached to an aromatic ring is 1. The molecule has 0 aliphatic carbocycles. The zero-order valence-electron chi connectivity index (χ0n) is 11.8. The molecule has 2 heterocycles. The van der Waals surface area contributed by atoms with E-state index in [9.17, 15) is 8.42 Å². The molecule has 10 heteroatoms. The molecule has 2 aromatic rings. The first-order valence-corrected chi connectivity index (χ1v) is 8.14. The number of aromatic nitrogens is 5. The zero-order valence-corrected chi connectivity index (χ0v) is 12.6. The Balaban J connectivity index is 1.97. The van der Waals surface area contributed by atoms with E-state index in [1.807, 2.05) is 0 Å². The van der Waals surface area contributed by atoms with E-state index >= 15 is 0 Å². The van der Waals surface area contributed by atoms with Gasteiger partial charge >= 0.3 is 0 Å². The largest absolute Gasteiger partial charge is 0.383 e. The summed E-state index contributed by atoms with van der Waals surface area (Å²) in [5.41, 5.74) is 7.26. The first-order valence-electron chi connectivity index (χ1n) is 6.25. The molecule has 0 aliphatic heterocycles. The van der Waals surface area contributed by atoms with Crippen LogP contribution in [0.1, 0.15) is 17.1 Å². The van der Waals surface area contributed by atoms with Crippen molar-refractivity contribution in [1.82, 2.24) is 29.7 Å². The summed E-state index contributed by atoms with van der Waals surface area (Å²) >= 11 is 0. The number of hydrogen-bond donors (Lipinski definition) is 2. The molecular weight excluding hydrogens is 294 g/mol. The molecule has 0 atom stereocenters. The Hall–Kier alpha value is -2.07. The molecule has 0 amide bonds. The van der Waals surface area contributed by atoms with Crippen LogP contribution >= 0.6 is 0 Å². The maximum Gasteiger partial charge on any atom is 0.208 e. The van der Waals surface area contributed by atoms with Crippen LogP contribution < -0.4 is 10.5 Å². The average Bonchev–Trinajstić information content (AvgIpc) is 2.79. The number of nitrogens with zero attached hydrogens (tertiary/aromatic N) is 5. The molecule has 0 aliphatic rings. The first kappa shape index (κ1) is 15.3. The number of nitrogens with one attached hydrogen (secondary N) is 1. The van der Waals surface area contributed by atoms with Crippen molar-refractivity contribution in [1.29, 1.82) is 0 Å². The highest BCUT2D eigenvalue weighted by Gasteiger charge is 2.07. The predicted octanol–water partition coefficient (Wildman–Crippen LogP) is -0.901. The summed E-state index contributed by atoms with van der Waals surface area (Å²) in [6.07, 6.45) is 4.98. The summed E-state index contributed by atoms with van der Waals surface area (Å²) in [5.74, 6) is 1.03. The second-order valence-electron chi connectivity index (χ2n) is 4.65. The number of aryl methyl sites for hydroxylation is 1. The van der Waals surface area contributed by atoms with Gasteiger partial charge in [0, 0.05) is 30.9 Å². The lowest BCUT2D eigenvalue weighted by Gasteiger charge is -2.04. The highest BCUT2D eigenvalue weighted by atomic mass is 32.2. The second kappa shape index (κ2) is 6.14. The van der Waals surface area contributed by atoms with E-state index in [0.717, 1.165) is 11.8 Å². The Labute approximate surface area is 122 Å². The second-order valence-corrected chi connectivity index (χ2v) is 6.48. The minimum Gasteiger partial charge on any atom is -0.383 e. The van der Waals surface area contributed by atoms with Gasteiger partial charge in [-0.3, -0.25) is 0 Å². The van der Waals surface area contributed by atoms with Crippen LogP contribution in [0.5, 0.6) is 0 Å². The highest BCUT2D eigenvalue weighted by Crippen LogP contribution is 2.09. The van der Waals surface area contributed by atoms with Gasteiger partial charge in [-0.15, -0.1) is 5.10 Å². The fraction of sp³-hybridized carbons (Fsp3) is 0.455. The van der Waals surface area contributed by atoms with E-state index in [4.69, 9.17) is 5.73 Å². The summed E-state index contributed by atoms with van der Waals surface area (Å²) in [4.78, 5) is 8.17. The molecule has 0 spiro atoms. The SMILES string of the molecule is Cc1ncc(Cn2cc(CCNS(C)(=O)=O)nn2)c(N)n1. The zero-order chi connectivity index (χ0) is 15.5. The maximum atomic E-state index is 11.0. The summed E-state index contributed by atoms with van der Waals surface area (Å²) in [6, 6.07) is 0. The van der Waals surface area contributed by atoms with Gasteiger partial charge in [0.25, 0.3) is 0 Å². The Bertz CT molecular complexity index is 726. The van der Waals surface area contributed by atoms with Gasteiger partial charge in [0.05, 0.1) is 18.5 Å². The Morgan fingerprint density at radius 2 is 2.19 bits per heavy atom. The van der Waals surface area contributed by atoms with E-state index in [0.29, 0.717) is 30.3 Å². The maximum absolute atomic E-state index is 11.0. The number of anilines is 1. The van der Waals surface area contributed by atoms with Gasteiger partial charge in [-0.1, -0.05) is 5.21 Å². The fourth-order valence-corrected chi connectivity index (χ4v) is 2.18. The van der Waals surface area contributed by atoms with Crippen LogP contribution in [0.15, 0.2) is 12.4 Å². The smallest absolute Gasteiger partial charge is 0.208 e. The predicted molar refractivity (Wildman–Crippen MR) is 76.9 cm³/mol. The minimum atomic E-state index is -3.18. The van der Waals surface area contributed by atoms with Crippen LogP contribution in [0.3, 0.4) is 0 Å². The molecule has 0 bridgehead atoms. The van der Waals surface area contributed by atoms with Crippen molar-refractivity contribution in [2.75, 3.05) is 18.5 Å². The summed E-state index contributed by atoms with van der Waals surface area (Å²) in [6.45, 7) is 2.47. The van der Waals surface area contributed by atoms with Crippen molar-refractivity contribution in [2.45, 2.75) is 19.9 Å². The molecule has 0 saturated heterocycles. The topological polar surface area (TPSA) is 129 Å². The van der Waals surface area contributed by atoms with Crippen molar-refractivity contribution >= 4 is 15.8 Å². The summed E-state index contributed by atoms with van der Waals surface area (Å²) in [7, 11) is -3.18. The fourth-order valence-electron chi connectivity index (χ4n) is 1.70. The lowest BCUT2D eigenvalue weighted by atomic mass is 10.3. The molecular formula is C11H17N7O2S. The lowest BCUT2D eigenvalue weighted by molar-refractivity contribution is 0.587. The monoisotopic (exact) mass is 311 g/mol. The van der Waals surface area contributed by atoms with Gasteiger partial charge < -0.3 is 5.73 Å². The van der Waals surface area contributed by atoms with Gasteiger partial charge in [0.2, 0.25) is 10.0 Å². The molecule has 0 aromatic carbocycles. The number of hydrogen-bond acceptors (Lipinski definition) is 7. The van der Waals surface area contributed by atoms with E-state index in [1.54, 1.807) is 24.0 Å². The summed E-state index contributed by atoms with van der Waals surface area (Å²) in [5, 5.41) is 7.94. The number of sulfonamides is 1. The molecule has 3 N–H and O–H groups in total. The average molecular weight is 311 g/mol. The third kappa shape index (κ3) is 4.76. The van der Waals surface area contributed by atoms with Gasteiger partial charge in [-0.2, -0.15) is 0 Å². The van der Waals surface area contributed by atoms with E-state index in [1.165, 1.54) is 0 Å². The summed E-state index contributed by atoms with van der Waals surface area (Å²) < 4.78 is 25.9. The van der Waals surface area contributed by atoms with E-state index < -0.39 is 10.0 Å². The van der Waals surface area contributed by atoms with Crippen molar-refractivity contribution in [3.63, 3.8) is 0 Å². The third-order valence-corrected chi connectivity index (χ3v) is 3.41. The van der Waals surface area contributed by atoms with Gasteiger partial charge in [-0.05, 0) is 6.92 Å². The molecule has 0 unspecified atom stereocenters. The molecule has 0 radical (unpaired) electrons. The highest BCUT2D eigenvalue weighted by molar-refractivity contribution is 7.88. The minimum absolute atomic E-state index is 0.285. The molecule has 2 aromatic heterocycles. The van der Waals surface area contributed by atoms with Gasteiger partial charge in [-0.25, -0.2) is 27.8 Å².